The smallest absolute Gasteiger partial charge is 0.287 e. The highest BCUT2D eigenvalue weighted by atomic mass is 32.2. The van der Waals surface area contributed by atoms with Crippen LogP contribution in [-0.2, 0) is 19.8 Å². The fraction of sp³-hybridized carbons (Fsp3) is 0.200. The zero-order chi connectivity index (χ0) is 18.3. The summed E-state index contributed by atoms with van der Waals surface area (Å²) in [5.74, 6) is 0.935. The lowest BCUT2D eigenvalue weighted by Crippen LogP contribution is -2.36. The van der Waals surface area contributed by atoms with E-state index in [4.69, 9.17) is 0 Å². The Kier molecular flexibility index (Phi) is 4.46. The number of fused-ring (bicyclic) bond motifs is 3. The van der Waals surface area contributed by atoms with Crippen LogP contribution in [0.4, 0.5) is 0 Å². The Morgan fingerprint density at radius 1 is 1.04 bits per heavy atom. The number of aromatic nitrogens is 2. The third kappa shape index (κ3) is 2.89. The van der Waals surface area contributed by atoms with Gasteiger partial charge in [-0.25, -0.2) is 4.79 Å². The minimum atomic E-state index is -0.289. The number of aryl methyl sites for hydroxylation is 1. The molecule has 1 aromatic carbocycles. The van der Waals surface area contributed by atoms with Crippen LogP contribution in [0.5, 0.6) is 0 Å². The molecule has 0 N–H and O–H groups in total. The molecular formula is C20H18N2O2S2. The van der Waals surface area contributed by atoms with E-state index in [1.54, 1.807) is 11.6 Å². The second kappa shape index (κ2) is 6.78. The normalized spacial score (nSPS) is 16.0. The number of nitrogens with zero attached hydrogens (tertiary/aromatic N) is 2. The molecule has 2 aromatic heterocycles. The van der Waals surface area contributed by atoms with Crippen LogP contribution >= 0.6 is 23.1 Å². The summed E-state index contributed by atoms with van der Waals surface area (Å²) < 4.78 is 2.73. The van der Waals surface area contributed by atoms with Gasteiger partial charge in [0.1, 0.15) is 4.83 Å². The minimum absolute atomic E-state index is 0.228. The van der Waals surface area contributed by atoms with Crippen molar-refractivity contribution in [2.45, 2.75) is 11.0 Å². The molecule has 0 radical (unpaired) electrons. The summed E-state index contributed by atoms with van der Waals surface area (Å²) in [4.78, 5) is 26.5. The fourth-order valence-electron chi connectivity index (χ4n) is 3.06. The first-order chi connectivity index (χ1) is 12.6. The molecule has 1 aliphatic carbocycles. The number of thiophene rings is 1. The van der Waals surface area contributed by atoms with E-state index in [1.807, 2.05) is 23.9 Å². The van der Waals surface area contributed by atoms with Gasteiger partial charge in [0.15, 0.2) is 0 Å². The van der Waals surface area contributed by atoms with Gasteiger partial charge in [-0.2, -0.15) is 0 Å². The maximum absolute atomic E-state index is 12.6. The molecule has 4 rings (SSSR count). The van der Waals surface area contributed by atoms with E-state index >= 15 is 0 Å². The first-order valence-electron chi connectivity index (χ1n) is 8.30. The van der Waals surface area contributed by atoms with Crippen LogP contribution < -0.4 is 11.2 Å². The van der Waals surface area contributed by atoms with Gasteiger partial charge in [-0.15, -0.1) is 23.1 Å². The molecule has 0 amide bonds. The Balaban J connectivity index is 1.69. The van der Waals surface area contributed by atoms with Crippen molar-refractivity contribution in [3.8, 4) is 0 Å². The highest BCUT2D eigenvalue weighted by Crippen LogP contribution is 2.34. The molecule has 1 atom stereocenters. The molecule has 4 nitrogen and oxygen atoms in total. The molecule has 6 heteroatoms. The average Bonchev–Trinajstić information content (AvgIpc) is 2.92. The van der Waals surface area contributed by atoms with Gasteiger partial charge >= 0.3 is 5.69 Å². The number of rotatable bonds is 3. The van der Waals surface area contributed by atoms with E-state index in [1.165, 1.54) is 28.5 Å². The van der Waals surface area contributed by atoms with Crippen molar-refractivity contribution in [2.75, 3.05) is 0 Å². The summed E-state index contributed by atoms with van der Waals surface area (Å²) in [6.07, 6.45) is 8.40. The van der Waals surface area contributed by atoms with E-state index in [9.17, 15) is 9.59 Å². The first kappa shape index (κ1) is 17.1. The van der Waals surface area contributed by atoms with Crippen molar-refractivity contribution in [1.82, 2.24) is 9.13 Å². The van der Waals surface area contributed by atoms with Crippen LogP contribution in [0.1, 0.15) is 16.0 Å². The van der Waals surface area contributed by atoms with Crippen LogP contribution in [0.2, 0.25) is 0 Å². The molecule has 1 aliphatic rings. The highest BCUT2D eigenvalue weighted by Gasteiger charge is 2.19. The Labute approximate surface area is 159 Å². The van der Waals surface area contributed by atoms with E-state index in [0.717, 1.165) is 21.0 Å². The van der Waals surface area contributed by atoms with Crippen molar-refractivity contribution >= 4 is 45.5 Å². The van der Waals surface area contributed by atoms with Gasteiger partial charge in [-0.3, -0.25) is 13.9 Å². The molecule has 0 aliphatic heterocycles. The predicted octanol–water partition coefficient (Wildman–Crippen LogP) is 3.64. The summed E-state index contributed by atoms with van der Waals surface area (Å²) in [7, 11) is 3.24. The number of hydrogen-bond acceptors (Lipinski definition) is 4. The third-order valence-electron chi connectivity index (χ3n) is 4.53. The van der Waals surface area contributed by atoms with Gasteiger partial charge < -0.3 is 0 Å². The van der Waals surface area contributed by atoms with Crippen LogP contribution in [0.3, 0.4) is 0 Å². The molecule has 2 heterocycles. The van der Waals surface area contributed by atoms with Crippen LogP contribution in [0.25, 0.3) is 22.4 Å². The molecule has 0 saturated heterocycles. The fourth-order valence-corrected chi connectivity index (χ4v) is 5.17. The lowest BCUT2D eigenvalue weighted by molar-refractivity contribution is 0.717. The summed E-state index contributed by atoms with van der Waals surface area (Å²) in [5, 5.41) is 0.880. The quantitative estimate of drug-likeness (QED) is 0.695. The molecule has 0 spiro atoms. The lowest BCUT2D eigenvalue weighted by atomic mass is 10.2. The lowest BCUT2D eigenvalue weighted by Gasteiger charge is -2.07. The van der Waals surface area contributed by atoms with Crippen LogP contribution in [0, 0.1) is 0 Å². The largest absolute Gasteiger partial charge is 0.331 e. The Hall–Kier alpha value is -2.31. The van der Waals surface area contributed by atoms with Gasteiger partial charge in [0.2, 0.25) is 0 Å². The minimum Gasteiger partial charge on any atom is -0.287 e. The maximum atomic E-state index is 12.6. The van der Waals surface area contributed by atoms with Crippen molar-refractivity contribution in [3.05, 3.63) is 79.3 Å². The Bertz CT molecular complexity index is 1150. The zero-order valence-electron chi connectivity index (χ0n) is 14.5. The van der Waals surface area contributed by atoms with E-state index < -0.39 is 0 Å². The molecule has 1 unspecified atom stereocenters. The van der Waals surface area contributed by atoms with Gasteiger partial charge in [0.25, 0.3) is 5.56 Å². The molecule has 132 valence electrons. The third-order valence-corrected chi connectivity index (χ3v) is 6.97. The molecule has 0 bridgehead atoms. The van der Waals surface area contributed by atoms with E-state index in [-0.39, 0.29) is 16.5 Å². The van der Waals surface area contributed by atoms with Gasteiger partial charge in [0, 0.05) is 35.5 Å². The summed E-state index contributed by atoms with van der Waals surface area (Å²) in [6.45, 7) is 0. The molecule has 3 aromatic rings. The van der Waals surface area contributed by atoms with Gasteiger partial charge in [-0.05, 0) is 11.6 Å². The number of benzene rings is 1. The average molecular weight is 383 g/mol. The monoisotopic (exact) mass is 382 g/mol. The van der Waals surface area contributed by atoms with E-state index in [2.05, 4.69) is 42.5 Å². The molecule has 0 fully saturated rings. The topological polar surface area (TPSA) is 44.0 Å². The Morgan fingerprint density at radius 2 is 1.77 bits per heavy atom. The zero-order valence-corrected chi connectivity index (χ0v) is 16.1. The summed E-state index contributed by atoms with van der Waals surface area (Å²) in [6, 6.07) is 10.4. The molecule has 0 saturated carbocycles. The second-order valence-corrected chi connectivity index (χ2v) is 8.44. The molecular weight excluding hydrogens is 364 g/mol. The van der Waals surface area contributed by atoms with Gasteiger partial charge in [-0.1, -0.05) is 48.6 Å². The summed E-state index contributed by atoms with van der Waals surface area (Å²) in [5.41, 5.74) is 1.70. The van der Waals surface area contributed by atoms with E-state index in [0.29, 0.717) is 5.39 Å². The van der Waals surface area contributed by atoms with Crippen molar-refractivity contribution in [1.29, 1.82) is 0 Å². The maximum Gasteiger partial charge on any atom is 0.331 e. The van der Waals surface area contributed by atoms with Gasteiger partial charge in [0.05, 0.1) is 5.39 Å². The predicted molar refractivity (Wildman–Crippen MR) is 112 cm³/mol. The van der Waals surface area contributed by atoms with Crippen LogP contribution in [0.15, 0.2) is 52.1 Å². The van der Waals surface area contributed by atoms with Crippen molar-refractivity contribution in [2.24, 2.45) is 14.1 Å². The molecule has 26 heavy (non-hydrogen) atoms. The SMILES string of the molecule is Cn1c(=O)c2c3c(sc2n(C)c1=O)C=CC(SCc1ccccc1)C=C3. The Morgan fingerprint density at radius 3 is 2.54 bits per heavy atom. The standard InChI is InChI=1S/C20H18N2O2S2/c1-21-18(23)17-15-10-8-14(25-12-13-6-4-3-5-7-13)9-11-16(15)26-19(17)22(2)20(21)24/h3-11,14H,12H2,1-2H3. The first-order valence-corrected chi connectivity index (χ1v) is 10.2. The second-order valence-electron chi connectivity index (χ2n) is 6.25. The van der Waals surface area contributed by atoms with Crippen LogP contribution in [-0.4, -0.2) is 14.4 Å². The number of thioether (sulfide) groups is 1. The summed E-state index contributed by atoms with van der Waals surface area (Å²) >= 11 is 3.34. The highest BCUT2D eigenvalue weighted by molar-refractivity contribution is 7.99. The van der Waals surface area contributed by atoms with Crippen molar-refractivity contribution < 1.29 is 0 Å². The number of hydrogen-bond donors (Lipinski definition) is 0. The van der Waals surface area contributed by atoms with Crippen molar-refractivity contribution in [3.63, 3.8) is 0 Å².